The van der Waals surface area contributed by atoms with Gasteiger partial charge in [0.1, 0.15) is 0 Å². The van der Waals surface area contributed by atoms with Crippen molar-refractivity contribution >= 4 is 5.91 Å². The first kappa shape index (κ1) is 10.5. The Morgan fingerprint density at radius 1 is 1.62 bits per heavy atom. The van der Waals surface area contributed by atoms with Gasteiger partial charge in [-0.1, -0.05) is 6.92 Å². The fourth-order valence-corrected chi connectivity index (χ4v) is 1.39. The van der Waals surface area contributed by atoms with Gasteiger partial charge in [0.15, 0.2) is 0 Å². The first-order chi connectivity index (χ1) is 6.25. The normalized spacial score (nSPS) is 20.0. The smallest absolute Gasteiger partial charge is 0.248 e. The number of nitrogens with two attached hydrogens (primary N) is 1. The third-order valence-electron chi connectivity index (χ3n) is 2.27. The highest BCUT2D eigenvalue weighted by Gasteiger charge is 2.22. The molecule has 0 aliphatic carbocycles. The summed E-state index contributed by atoms with van der Waals surface area (Å²) in [6.07, 6.45) is 2.83. The molecule has 0 radical (unpaired) electrons. The van der Waals surface area contributed by atoms with Crippen molar-refractivity contribution in [2.45, 2.75) is 26.2 Å². The van der Waals surface area contributed by atoms with Crippen LogP contribution in [0, 0.1) is 5.92 Å². The molecule has 1 aliphatic heterocycles. The molecule has 0 aromatic rings. The molecule has 4 nitrogen and oxygen atoms in total. The van der Waals surface area contributed by atoms with Crippen LogP contribution in [-0.4, -0.2) is 30.7 Å². The van der Waals surface area contributed by atoms with Crippen LogP contribution in [0.1, 0.15) is 26.2 Å². The molecule has 1 rings (SSSR count). The maximum atomic E-state index is 11.6. The molecule has 1 atom stereocenters. The molecule has 0 aromatic carbocycles. The quantitative estimate of drug-likeness (QED) is 0.699. The van der Waals surface area contributed by atoms with Gasteiger partial charge in [-0.3, -0.25) is 9.63 Å². The molecular formula is C9H18N2O2. The number of hydroxylamine groups is 2. The minimum Gasteiger partial charge on any atom is -0.330 e. The Balaban J connectivity index is 2.36. The summed E-state index contributed by atoms with van der Waals surface area (Å²) in [4.78, 5) is 16.9. The fraction of sp³-hybridized carbons (Fsp3) is 0.889. The molecule has 0 bridgehead atoms. The zero-order valence-corrected chi connectivity index (χ0v) is 8.16. The zero-order chi connectivity index (χ0) is 9.68. The van der Waals surface area contributed by atoms with E-state index in [9.17, 15) is 4.79 Å². The molecule has 1 saturated heterocycles. The first-order valence-electron chi connectivity index (χ1n) is 4.90. The van der Waals surface area contributed by atoms with Gasteiger partial charge >= 0.3 is 0 Å². The molecule has 76 valence electrons. The molecule has 0 aromatic heterocycles. The van der Waals surface area contributed by atoms with Crippen molar-refractivity contribution in [3.05, 3.63) is 0 Å². The lowest BCUT2D eigenvalue weighted by Gasteiger charge is -2.28. The van der Waals surface area contributed by atoms with Crippen molar-refractivity contribution in [3.8, 4) is 0 Å². The van der Waals surface area contributed by atoms with Crippen LogP contribution in [0.25, 0.3) is 0 Å². The van der Waals surface area contributed by atoms with Gasteiger partial charge in [0.05, 0.1) is 6.61 Å². The van der Waals surface area contributed by atoms with E-state index in [4.69, 9.17) is 10.6 Å². The van der Waals surface area contributed by atoms with Gasteiger partial charge < -0.3 is 5.73 Å². The van der Waals surface area contributed by atoms with E-state index in [1.54, 1.807) is 0 Å². The van der Waals surface area contributed by atoms with Crippen molar-refractivity contribution in [1.29, 1.82) is 0 Å². The lowest BCUT2D eigenvalue weighted by molar-refractivity contribution is -0.200. The van der Waals surface area contributed by atoms with Crippen LogP contribution in [0.5, 0.6) is 0 Å². The lowest BCUT2D eigenvalue weighted by Crippen LogP contribution is -2.39. The summed E-state index contributed by atoms with van der Waals surface area (Å²) in [7, 11) is 0. The van der Waals surface area contributed by atoms with Crippen LogP contribution < -0.4 is 5.73 Å². The van der Waals surface area contributed by atoms with E-state index in [1.165, 1.54) is 5.06 Å². The van der Waals surface area contributed by atoms with Gasteiger partial charge in [0.2, 0.25) is 5.91 Å². The molecule has 1 fully saturated rings. The number of nitrogens with zero attached hydrogens (tertiary/aromatic N) is 1. The Kier molecular flexibility index (Phi) is 4.18. The fourth-order valence-electron chi connectivity index (χ4n) is 1.39. The summed E-state index contributed by atoms with van der Waals surface area (Å²) in [5.74, 6) is 0.0632. The van der Waals surface area contributed by atoms with E-state index in [0.29, 0.717) is 13.2 Å². The van der Waals surface area contributed by atoms with Crippen LogP contribution in [0.4, 0.5) is 0 Å². The molecule has 0 saturated carbocycles. The maximum absolute atomic E-state index is 11.6. The molecule has 1 heterocycles. The Bertz CT molecular complexity index is 167. The van der Waals surface area contributed by atoms with E-state index in [-0.39, 0.29) is 11.8 Å². The topological polar surface area (TPSA) is 55.6 Å². The minimum absolute atomic E-state index is 0.0110. The van der Waals surface area contributed by atoms with Gasteiger partial charge in [-0.05, 0) is 25.8 Å². The van der Waals surface area contributed by atoms with Gasteiger partial charge in [-0.25, -0.2) is 5.06 Å². The third kappa shape index (κ3) is 2.97. The standard InChI is InChI=1S/C9H18N2O2/c1-8(4-5-10)9(12)11-6-2-3-7-13-11/h8H,2-7,10H2,1H3. The number of carbonyl (C=O) groups is 1. The van der Waals surface area contributed by atoms with Crippen LogP contribution in [0.15, 0.2) is 0 Å². The maximum Gasteiger partial charge on any atom is 0.248 e. The second-order valence-electron chi connectivity index (χ2n) is 3.46. The molecule has 1 amide bonds. The number of amides is 1. The number of hydrogen-bond acceptors (Lipinski definition) is 3. The highest BCUT2D eigenvalue weighted by molar-refractivity contribution is 5.77. The van der Waals surface area contributed by atoms with E-state index in [1.807, 2.05) is 6.92 Å². The highest BCUT2D eigenvalue weighted by Crippen LogP contribution is 2.12. The van der Waals surface area contributed by atoms with Gasteiger partial charge in [-0.2, -0.15) is 0 Å². The first-order valence-corrected chi connectivity index (χ1v) is 4.90. The van der Waals surface area contributed by atoms with E-state index in [0.717, 1.165) is 25.8 Å². The monoisotopic (exact) mass is 186 g/mol. The number of rotatable bonds is 3. The predicted molar refractivity (Wildman–Crippen MR) is 49.7 cm³/mol. The van der Waals surface area contributed by atoms with E-state index < -0.39 is 0 Å². The lowest BCUT2D eigenvalue weighted by atomic mass is 10.1. The minimum atomic E-state index is -0.0110. The third-order valence-corrected chi connectivity index (χ3v) is 2.27. The summed E-state index contributed by atoms with van der Waals surface area (Å²) >= 11 is 0. The van der Waals surface area contributed by atoms with Crippen LogP contribution in [-0.2, 0) is 9.63 Å². The highest BCUT2D eigenvalue weighted by atomic mass is 16.7. The van der Waals surface area contributed by atoms with Crippen LogP contribution in [0.2, 0.25) is 0 Å². The molecule has 2 N–H and O–H groups in total. The van der Waals surface area contributed by atoms with Gasteiger partial charge in [0.25, 0.3) is 0 Å². The molecule has 0 spiro atoms. The van der Waals surface area contributed by atoms with Gasteiger partial charge in [0, 0.05) is 12.5 Å². The van der Waals surface area contributed by atoms with Crippen molar-refractivity contribution in [2.75, 3.05) is 19.7 Å². The average molecular weight is 186 g/mol. The van der Waals surface area contributed by atoms with Crippen molar-refractivity contribution in [2.24, 2.45) is 11.7 Å². The molecule has 4 heteroatoms. The largest absolute Gasteiger partial charge is 0.330 e. The predicted octanol–water partition coefficient (Wildman–Crippen LogP) is 0.525. The van der Waals surface area contributed by atoms with Crippen molar-refractivity contribution in [1.82, 2.24) is 5.06 Å². The average Bonchev–Trinajstić information content (AvgIpc) is 2.18. The second-order valence-corrected chi connectivity index (χ2v) is 3.46. The number of hydrogen-bond donors (Lipinski definition) is 1. The number of carbonyl (C=O) groups excluding carboxylic acids is 1. The van der Waals surface area contributed by atoms with Gasteiger partial charge in [-0.15, -0.1) is 0 Å². The Morgan fingerprint density at radius 2 is 2.38 bits per heavy atom. The zero-order valence-electron chi connectivity index (χ0n) is 8.16. The molecule has 1 unspecified atom stereocenters. The second kappa shape index (κ2) is 5.19. The Morgan fingerprint density at radius 3 is 2.92 bits per heavy atom. The molecule has 13 heavy (non-hydrogen) atoms. The summed E-state index contributed by atoms with van der Waals surface area (Å²) in [6, 6.07) is 0. The van der Waals surface area contributed by atoms with Crippen molar-refractivity contribution in [3.63, 3.8) is 0 Å². The van der Waals surface area contributed by atoms with E-state index in [2.05, 4.69) is 0 Å². The summed E-state index contributed by atoms with van der Waals surface area (Å²) in [5.41, 5.74) is 5.39. The van der Waals surface area contributed by atoms with Crippen LogP contribution >= 0.6 is 0 Å². The SMILES string of the molecule is CC(CCN)C(=O)N1CCCCO1. The summed E-state index contributed by atoms with van der Waals surface area (Å²) in [6.45, 7) is 3.85. The summed E-state index contributed by atoms with van der Waals surface area (Å²) in [5, 5.41) is 1.49. The molecule has 1 aliphatic rings. The van der Waals surface area contributed by atoms with Crippen LogP contribution in [0.3, 0.4) is 0 Å². The molecular weight excluding hydrogens is 168 g/mol. The van der Waals surface area contributed by atoms with Crippen molar-refractivity contribution < 1.29 is 9.63 Å². The summed E-state index contributed by atoms with van der Waals surface area (Å²) < 4.78 is 0. The Labute approximate surface area is 79.0 Å². The van der Waals surface area contributed by atoms with E-state index >= 15 is 0 Å². The Hall–Kier alpha value is -0.610.